The topological polar surface area (TPSA) is 72.6 Å². The van der Waals surface area contributed by atoms with Crippen LogP contribution in [-0.2, 0) is 14.8 Å². The first kappa shape index (κ1) is 15.6. The summed E-state index contributed by atoms with van der Waals surface area (Å²) in [5.41, 5.74) is 6.23. The number of ether oxygens (including phenoxy) is 1. The first-order valence-electron chi connectivity index (χ1n) is 6.87. The van der Waals surface area contributed by atoms with E-state index in [0.717, 1.165) is 37.4 Å². The maximum atomic E-state index is 11.6. The van der Waals surface area contributed by atoms with E-state index in [4.69, 9.17) is 10.5 Å². The van der Waals surface area contributed by atoms with Crippen molar-refractivity contribution in [2.24, 2.45) is 11.7 Å². The fraction of sp³-hybridized carbons (Fsp3) is 1.00. The van der Waals surface area contributed by atoms with E-state index in [-0.39, 0.29) is 12.1 Å². The van der Waals surface area contributed by atoms with Crippen LogP contribution in [0.4, 0.5) is 0 Å². The van der Waals surface area contributed by atoms with E-state index in [1.807, 2.05) is 11.8 Å². The minimum absolute atomic E-state index is 0.0253. The molecule has 2 N–H and O–H groups in total. The van der Waals surface area contributed by atoms with E-state index in [9.17, 15) is 8.42 Å². The van der Waals surface area contributed by atoms with Crippen LogP contribution in [0, 0.1) is 5.92 Å². The van der Waals surface area contributed by atoms with Crippen LogP contribution in [0.3, 0.4) is 0 Å². The lowest BCUT2D eigenvalue weighted by atomic mass is 9.91. The van der Waals surface area contributed by atoms with Crippen LogP contribution in [0.5, 0.6) is 0 Å². The molecule has 5 nitrogen and oxygen atoms in total. The molecule has 0 amide bonds. The lowest BCUT2D eigenvalue weighted by Gasteiger charge is -2.34. The van der Waals surface area contributed by atoms with Crippen molar-refractivity contribution in [1.29, 1.82) is 0 Å². The predicted molar refractivity (Wildman–Crippen MR) is 78.8 cm³/mol. The quantitative estimate of drug-likeness (QED) is 0.819. The summed E-state index contributed by atoms with van der Waals surface area (Å²) >= 11 is 1.89. The van der Waals surface area contributed by atoms with Crippen molar-refractivity contribution in [1.82, 2.24) is 4.31 Å². The molecule has 3 atom stereocenters. The normalized spacial score (nSPS) is 32.1. The third kappa shape index (κ3) is 4.60. The van der Waals surface area contributed by atoms with Gasteiger partial charge in [0.1, 0.15) is 0 Å². The first-order valence-corrected chi connectivity index (χ1v) is 9.87. The number of nitrogens with two attached hydrogens (primary N) is 1. The Morgan fingerprint density at radius 3 is 2.95 bits per heavy atom. The van der Waals surface area contributed by atoms with Gasteiger partial charge in [-0.1, -0.05) is 0 Å². The zero-order valence-corrected chi connectivity index (χ0v) is 13.1. The summed E-state index contributed by atoms with van der Waals surface area (Å²) in [6.07, 6.45) is 4.28. The Morgan fingerprint density at radius 1 is 1.53 bits per heavy atom. The summed E-state index contributed by atoms with van der Waals surface area (Å²) < 4.78 is 30.5. The van der Waals surface area contributed by atoms with Gasteiger partial charge in [0.2, 0.25) is 10.0 Å². The molecule has 7 heteroatoms. The molecule has 0 aromatic rings. The number of thioether (sulfide) groups is 1. The van der Waals surface area contributed by atoms with Gasteiger partial charge in [0, 0.05) is 30.6 Å². The highest BCUT2D eigenvalue weighted by atomic mass is 32.2. The third-order valence-corrected chi connectivity index (χ3v) is 6.16. The number of sulfonamides is 1. The summed E-state index contributed by atoms with van der Waals surface area (Å²) in [6, 6.07) is 0.0253. The molecule has 0 saturated carbocycles. The van der Waals surface area contributed by atoms with Gasteiger partial charge in [0.05, 0.1) is 19.0 Å². The molecule has 112 valence electrons. The smallest absolute Gasteiger partial charge is 0.211 e. The highest BCUT2D eigenvalue weighted by Crippen LogP contribution is 2.25. The monoisotopic (exact) mass is 308 g/mol. The zero-order valence-electron chi connectivity index (χ0n) is 11.5. The second kappa shape index (κ2) is 6.76. The zero-order chi connectivity index (χ0) is 13.9. The third-order valence-electron chi connectivity index (χ3n) is 3.88. The molecule has 2 aliphatic rings. The molecule has 0 aromatic carbocycles. The Bertz CT molecular complexity index is 382. The highest BCUT2D eigenvalue weighted by molar-refractivity contribution is 7.99. The minimum Gasteiger partial charge on any atom is -0.375 e. The molecule has 2 rings (SSSR count). The molecule has 2 fully saturated rings. The maximum Gasteiger partial charge on any atom is 0.211 e. The average molecular weight is 308 g/mol. The van der Waals surface area contributed by atoms with Crippen LogP contribution in [0.2, 0.25) is 0 Å². The van der Waals surface area contributed by atoms with Crippen molar-refractivity contribution in [2.45, 2.75) is 31.4 Å². The summed E-state index contributed by atoms with van der Waals surface area (Å²) in [5, 5.41) is 0. The van der Waals surface area contributed by atoms with Gasteiger partial charge < -0.3 is 10.5 Å². The fourth-order valence-corrected chi connectivity index (χ4v) is 4.71. The number of piperidine rings is 1. The van der Waals surface area contributed by atoms with Crippen LogP contribution >= 0.6 is 11.8 Å². The lowest BCUT2D eigenvalue weighted by molar-refractivity contribution is 0.0482. The maximum absolute atomic E-state index is 11.6. The van der Waals surface area contributed by atoms with E-state index >= 15 is 0 Å². The van der Waals surface area contributed by atoms with Gasteiger partial charge in [-0.3, -0.25) is 0 Å². The number of hydrogen-bond donors (Lipinski definition) is 1. The molecular weight excluding hydrogens is 284 g/mol. The lowest BCUT2D eigenvalue weighted by Crippen LogP contribution is -2.45. The van der Waals surface area contributed by atoms with Crippen molar-refractivity contribution >= 4 is 21.8 Å². The van der Waals surface area contributed by atoms with E-state index in [0.29, 0.717) is 19.0 Å². The van der Waals surface area contributed by atoms with Crippen LogP contribution in [-0.4, -0.2) is 62.3 Å². The number of hydrogen-bond acceptors (Lipinski definition) is 5. The molecule has 0 aliphatic carbocycles. The van der Waals surface area contributed by atoms with Crippen LogP contribution in [0.1, 0.15) is 19.3 Å². The molecule has 0 radical (unpaired) electrons. The minimum atomic E-state index is -3.06. The SMILES string of the molecule is CS(=O)(=O)N1CCCC(CC(N)C2CSCCO2)C1. The van der Waals surface area contributed by atoms with Crippen molar-refractivity contribution in [3.05, 3.63) is 0 Å². The van der Waals surface area contributed by atoms with Crippen molar-refractivity contribution in [2.75, 3.05) is 37.5 Å². The van der Waals surface area contributed by atoms with Crippen molar-refractivity contribution in [3.8, 4) is 0 Å². The van der Waals surface area contributed by atoms with Crippen molar-refractivity contribution < 1.29 is 13.2 Å². The molecule has 2 aliphatic heterocycles. The second-order valence-corrected chi connectivity index (χ2v) is 8.65. The van der Waals surface area contributed by atoms with Gasteiger partial charge in [0.25, 0.3) is 0 Å². The van der Waals surface area contributed by atoms with Gasteiger partial charge in [-0.15, -0.1) is 0 Å². The summed E-state index contributed by atoms with van der Waals surface area (Å²) in [6.45, 7) is 2.05. The van der Waals surface area contributed by atoms with E-state index in [1.165, 1.54) is 6.26 Å². The molecular formula is C12H24N2O3S2. The summed E-state index contributed by atoms with van der Waals surface area (Å²) in [4.78, 5) is 0. The average Bonchev–Trinajstić information content (AvgIpc) is 2.39. The Morgan fingerprint density at radius 2 is 2.32 bits per heavy atom. The standard InChI is InChI=1S/C12H24N2O3S2/c1-19(15,16)14-4-2-3-10(8-14)7-11(13)12-9-18-6-5-17-12/h10-12H,2-9,13H2,1H3. The Balaban J connectivity index is 1.84. The fourth-order valence-electron chi connectivity index (χ4n) is 2.81. The first-order chi connectivity index (χ1) is 8.97. The Hall–Kier alpha value is 0.180. The molecule has 3 unspecified atom stereocenters. The molecule has 0 aromatic heterocycles. The van der Waals surface area contributed by atoms with Crippen LogP contribution < -0.4 is 5.73 Å². The molecule has 0 spiro atoms. The molecule has 0 bridgehead atoms. The molecule has 2 heterocycles. The van der Waals surface area contributed by atoms with E-state index in [2.05, 4.69) is 0 Å². The molecule has 2 saturated heterocycles. The molecule has 19 heavy (non-hydrogen) atoms. The second-order valence-electron chi connectivity index (χ2n) is 5.51. The van der Waals surface area contributed by atoms with E-state index < -0.39 is 10.0 Å². The van der Waals surface area contributed by atoms with Gasteiger partial charge >= 0.3 is 0 Å². The summed E-state index contributed by atoms with van der Waals surface area (Å²) in [5.74, 6) is 2.38. The predicted octanol–water partition coefficient (Wildman–Crippen LogP) is 0.507. The number of nitrogens with zero attached hydrogens (tertiary/aromatic N) is 1. The summed E-state index contributed by atoms with van der Waals surface area (Å²) in [7, 11) is -3.06. The van der Waals surface area contributed by atoms with Gasteiger partial charge in [-0.25, -0.2) is 12.7 Å². The van der Waals surface area contributed by atoms with Crippen LogP contribution in [0.25, 0.3) is 0 Å². The van der Waals surface area contributed by atoms with Gasteiger partial charge in [-0.05, 0) is 25.2 Å². The van der Waals surface area contributed by atoms with Gasteiger partial charge in [0.15, 0.2) is 0 Å². The van der Waals surface area contributed by atoms with Crippen LogP contribution in [0.15, 0.2) is 0 Å². The highest BCUT2D eigenvalue weighted by Gasteiger charge is 2.30. The Labute approximate surface area is 120 Å². The Kier molecular flexibility index (Phi) is 5.54. The van der Waals surface area contributed by atoms with Gasteiger partial charge in [-0.2, -0.15) is 11.8 Å². The number of rotatable bonds is 4. The van der Waals surface area contributed by atoms with Crippen molar-refractivity contribution in [3.63, 3.8) is 0 Å². The van der Waals surface area contributed by atoms with E-state index in [1.54, 1.807) is 4.31 Å². The largest absolute Gasteiger partial charge is 0.375 e.